The van der Waals surface area contributed by atoms with E-state index in [9.17, 15) is 9.59 Å². The van der Waals surface area contributed by atoms with Crippen molar-refractivity contribution in [3.8, 4) is 0 Å². The molecular weight excluding hydrogens is 380 g/mol. The Morgan fingerprint density at radius 2 is 1.77 bits per heavy atom. The van der Waals surface area contributed by atoms with Gasteiger partial charge in [-0.3, -0.25) is 9.59 Å². The van der Waals surface area contributed by atoms with Crippen molar-refractivity contribution in [2.24, 2.45) is 52.3 Å². The molecule has 0 aromatic heterocycles. The van der Waals surface area contributed by atoms with Gasteiger partial charge in [0.2, 0.25) is 0 Å². The molecule has 0 saturated heterocycles. The fourth-order valence-electron chi connectivity index (χ4n) is 8.57. The van der Waals surface area contributed by atoms with Gasteiger partial charge in [0.25, 0.3) is 0 Å². The van der Waals surface area contributed by atoms with Crippen LogP contribution in [-0.2, 0) is 9.59 Å². The van der Waals surface area contributed by atoms with Crippen LogP contribution in [0.3, 0.4) is 0 Å². The van der Waals surface area contributed by atoms with Crippen LogP contribution in [0.5, 0.6) is 0 Å². The molecule has 0 aliphatic heterocycles. The molecule has 4 aliphatic carbocycles. The molecule has 3 fully saturated rings. The molecule has 0 N–H and O–H groups in total. The van der Waals surface area contributed by atoms with E-state index in [2.05, 4.69) is 53.7 Å². The van der Waals surface area contributed by atoms with E-state index in [1.54, 1.807) is 6.08 Å². The molecular formula is C29H44O2. The van der Waals surface area contributed by atoms with Gasteiger partial charge >= 0.3 is 0 Å². The van der Waals surface area contributed by atoms with Crippen molar-refractivity contribution in [1.29, 1.82) is 0 Å². The average molecular weight is 425 g/mol. The summed E-state index contributed by atoms with van der Waals surface area (Å²) in [4.78, 5) is 25.2. The maximum absolute atomic E-state index is 13.2. The third kappa shape index (κ3) is 3.70. The van der Waals surface area contributed by atoms with E-state index >= 15 is 0 Å². The molecule has 0 aromatic carbocycles. The van der Waals surface area contributed by atoms with Gasteiger partial charge in [0, 0.05) is 18.4 Å². The number of carbonyl (C=O) groups excluding carboxylic acids is 2. The summed E-state index contributed by atoms with van der Waals surface area (Å²) < 4.78 is 0. The largest absolute Gasteiger partial charge is 0.295 e. The van der Waals surface area contributed by atoms with E-state index in [1.165, 1.54) is 32.1 Å². The lowest BCUT2D eigenvalue weighted by molar-refractivity contribution is -0.131. The predicted octanol–water partition coefficient (Wildman–Crippen LogP) is 7.19. The molecule has 0 unspecified atom stereocenters. The fourth-order valence-corrected chi connectivity index (χ4v) is 8.57. The minimum Gasteiger partial charge on any atom is -0.295 e. The number of carbonyl (C=O) groups is 2. The Morgan fingerprint density at radius 1 is 1.03 bits per heavy atom. The Bertz CT molecular complexity index is 789. The average Bonchev–Trinajstić information content (AvgIpc) is 3.07. The SMILES string of the molecule is CC[C@@H](/C=C/[C@H](C)[C@@H]1CC[C@@H]2[C@H]3CC(=O)C4=CC(=O)CC[C@]4(C)[C@@H]3CC[C@@]21C)C(C)C. The van der Waals surface area contributed by atoms with Gasteiger partial charge in [0.05, 0.1) is 0 Å². The van der Waals surface area contributed by atoms with Crippen molar-refractivity contribution in [2.45, 2.75) is 92.9 Å². The molecule has 4 aliphatic rings. The van der Waals surface area contributed by atoms with Gasteiger partial charge in [0.1, 0.15) is 0 Å². The number of hydrogen-bond acceptors (Lipinski definition) is 2. The first kappa shape index (κ1) is 23.0. The third-order valence-corrected chi connectivity index (χ3v) is 10.5. The smallest absolute Gasteiger partial charge is 0.159 e. The highest BCUT2D eigenvalue weighted by Gasteiger charge is 2.60. The monoisotopic (exact) mass is 424 g/mol. The number of allylic oxidation sites excluding steroid dienone is 3. The third-order valence-electron chi connectivity index (χ3n) is 10.5. The van der Waals surface area contributed by atoms with Crippen LogP contribution in [0.25, 0.3) is 0 Å². The zero-order valence-corrected chi connectivity index (χ0v) is 20.7. The second kappa shape index (κ2) is 8.31. The van der Waals surface area contributed by atoms with Crippen LogP contribution in [0.2, 0.25) is 0 Å². The number of Topliss-reactive ketones (excluding diaryl/α,β-unsaturated/α-hetero) is 1. The van der Waals surface area contributed by atoms with Crippen LogP contribution >= 0.6 is 0 Å². The van der Waals surface area contributed by atoms with Crippen molar-refractivity contribution in [3.63, 3.8) is 0 Å². The lowest BCUT2D eigenvalue weighted by atomic mass is 9.46. The van der Waals surface area contributed by atoms with E-state index in [4.69, 9.17) is 0 Å². The molecule has 0 bridgehead atoms. The van der Waals surface area contributed by atoms with E-state index in [0.717, 1.165) is 17.9 Å². The van der Waals surface area contributed by atoms with Crippen molar-refractivity contribution in [1.82, 2.24) is 0 Å². The quantitative estimate of drug-likeness (QED) is 0.438. The molecule has 4 rings (SSSR count). The summed E-state index contributed by atoms with van der Waals surface area (Å²) in [5.41, 5.74) is 1.16. The predicted molar refractivity (Wildman–Crippen MR) is 128 cm³/mol. The van der Waals surface area contributed by atoms with E-state index < -0.39 is 0 Å². The summed E-state index contributed by atoms with van der Waals surface area (Å²) in [5, 5.41) is 0. The highest BCUT2D eigenvalue weighted by molar-refractivity contribution is 6.05. The Balaban J connectivity index is 1.56. The first-order valence-corrected chi connectivity index (χ1v) is 13.1. The Kier molecular flexibility index (Phi) is 6.16. The first-order chi connectivity index (χ1) is 14.6. The number of rotatable bonds is 5. The van der Waals surface area contributed by atoms with Crippen molar-refractivity contribution in [3.05, 3.63) is 23.8 Å². The fraction of sp³-hybridized carbons (Fsp3) is 0.793. The Labute approximate surface area is 190 Å². The topological polar surface area (TPSA) is 34.1 Å². The zero-order valence-electron chi connectivity index (χ0n) is 20.7. The minimum atomic E-state index is -0.0650. The molecule has 2 heteroatoms. The zero-order chi connectivity index (χ0) is 22.6. The van der Waals surface area contributed by atoms with Crippen molar-refractivity contribution < 1.29 is 9.59 Å². The molecule has 172 valence electrons. The van der Waals surface area contributed by atoms with Crippen LogP contribution < -0.4 is 0 Å². The van der Waals surface area contributed by atoms with Gasteiger partial charge < -0.3 is 0 Å². The molecule has 0 aromatic rings. The van der Waals surface area contributed by atoms with Gasteiger partial charge in [-0.15, -0.1) is 0 Å². The summed E-state index contributed by atoms with van der Waals surface area (Å²) in [5.74, 6) is 4.92. The minimum absolute atomic E-state index is 0.0650. The lowest BCUT2D eigenvalue weighted by Crippen LogP contribution is -2.53. The molecule has 0 radical (unpaired) electrons. The van der Waals surface area contributed by atoms with E-state index in [-0.39, 0.29) is 17.0 Å². The molecule has 31 heavy (non-hydrogen) atoms. The second-order valence-corrected chi connectivity index (χ2v) is 12.2. The molecule has 0 heterocycles. The Hall–Kier alpha value is -1.18. The lowest BCUT2D eigenvalue weighted by Gasteiger charge is -2.57. The molecule has 0 spiro atoms. The summed E-state index contributed by atoms with van der Waals surface area (Å²) in [6, 6.07) is 0. The molecule has 3 saturated carbocycles. The maximum atomic E-state index is 13.2. The first-order valence-electron chi connectivity index (χ1n) is 13.1. The number of ketones is 2. The normalized spacial score (nSPS) is 42.2. The van der Waals surface area contributed by atoms with Gasteiger partial charge in [-0.1, -0.05) is 53.7 Å². The summed E-state index contributed by atoms with van der Waals surface area (Å²) in [6.07, 6.45) is 15.2. The standard InChI is InChI=1S/C29H44O2/c1-7-20(18(2)3)9-8-19(4)23-10-11-24-22-17-27(31)26-16-21(30)12-14-29(26,6)25(22)13-15-28(23,24)5/h8-9,16,18-20,22-25H,7,10-15,17H2,1-6H3/b9-8+/t19-,20-,22+,23-,24+,25+,28+,29+/m0/s1. The summed E-state index contributed by atoms with van der Waals surface area (Å²) >= 11 is 0. The highest BCUT2D eigenvalue weighted by atomic mass is 16.1. The second-order valence-electron chi connectivity index (χ2n) is 12.2. The molecule has 0 amide bonds. The van der Waals surface area contributed by atoms with Crippen LogP contribution in [0.1, 0.15) is 92.9 Å². The van der Waals surface area contributed by atoms with Gasteiger partial charge in [-0.2, -0.15) is 0 Å². The summed E-state index contributed by atoms with van der Waals surface area (Å²) in [6.45, 7) is 14.3. The van der Waals surface area contributed by atoms with Crippen molar-refractivity contribution >= 4 is 11.6 Å². The highest BCUT2D eigenvalue weighted by Crippen LogP contribution is 2.67. The molecule has 8 atom stereocenters. The molecule has 2 nitrogen and oxygen atoms in total. The van der Waals surface area contributed by atoms with Crippen molar-refractivity contribution in [2.75, 3.05) is 0 Å². The number of hydrogen-bond donors (Lipinski definition) is 0. The number of fused-ring (bicyclic) bond motifs is 5. The van der Waals surface area contributed by atoms with Gasteiger partial charge in [0.15, 0.2) is 11.6 Å². The van der Waals surface area contributed by atoms with Gasteiger partial charge in [-0.25, -0.2) is 0 Å². The van der Waals surface area contributed by atoms with Crippen LogP contribution in [0.4, 0.5) is 0 Å². The van der Waals surface area contributed by atoms with E-state index in [0.29, 0.717) is 53.8 Å². The van der Waals surface area contributed by atoms with Crippen LogP contribution in [0.15, 0.2) is 23.8 Å². The van der Waals surface area contributed by atoms with E-state index in [1.807, 2.05) is 0 Å². The summed E-state index contributed by atoms with van der Waals surface area (Å²) in [7, 11) is 0. The van der Waals surface area contributed by atoms with Gasteiger partial charge in [-0.05, 0) is 96.9 Å². The maximum Gasteiger partial charge on any atom is 0.159 e. The van der Waals surface area contributed by atoms with Crippen LogP contribution in [0, 0.1) is 52.3 Å². The van der Waals surface area contributed by atoms with Crippen LogP contribution in [-0.4, -0.2) is 11.6 Å². The Morgan fingerprint density at radius 3 is 2.45 bits per heavy atom.